The van der Waals surface area contributed by atoms with Gasteiger partial charge in [0.15, 0.2) is 0 Å². The summed E-state index contributed by atoms with van der Waals surface area (Å²) in [6, 6.07) is -0.943. The van der Waals surface area contributed by atoms with Crippen LogP contribution in [-0.2, 0) is 24.0 Å². The van der Waals surface area contributed by atoms with E-state index in [1.54, 1.807) is 38.1 Å². The highest BCUT2D eigenvalue weighted by Gasteiger charge is 2.58. The fourth-order valence-electron chi connectivity index (χ4n) is 13.0. The van der Waals surface area contributed by atoms with Crippen molar-refractivity contribution in [3.8, 4) is 0 Å². The molecule has 4 N–H and O–H groups in total. The highest BCUT2D eigenvalue weighted by Crippen LogP contribution is 2.61. The number of aliphatic hydroxyl groups excluding tert-OH is 2. The van der Waals surface area contributed by atoms with Crippen LogP contribution in [0.4, 0.5) is 0 Å². The van der Waals surface area contributed by atoms with Crippen molar-refractivity contribution >= 4 is 17.7 Å². The fourth-order valence-corrected chi connectivity index (χ4v) is 13.0. The van der Waals surface area contributed by atoms with Gasteiger partial charge in [0.1, 0.15) is 18.2 Å². The van der Waals surface area contributed by atoms with Crippen molar-refractivity contribution in [2.75, 3.05) is 48.5 Å². The third kappa shape index (κ3) is 9.56. The second-order valence-corrected chi connectivity index (χ2v) is 20.5. The molecule has 1 heterocycles. The van der Waals surface area contributed by atoms with Crippen LogP contribution < -0.4 is 10.6 Å². The number of amides is 3. The highest BCUT2D eigenvalue weighted by molar-refractivity contribution is 5.88. The summed E-state index contributed by atoms with van der Waals surface area (Å²) in [5.74, 6) is 1.67. The first kappa shape index (κ1) is 44.7. The molecule has 12 heteroatoms. The summed E-state index contributed by atoms with van der Waals surface area (Å²) in [5, 5.41) is 30.0. The second-order valence-electron chi connectivity index (χ2n) is 20.5. The van der Waals surface area contributed by atoms with Gasteiger partial charge in [-0.15, -0.1) is 0 Å². The van der Waals surface area contributed by atoms with E-state index in [9.17, 15) is 24.6 Å². The van der Waals surface area contributed by atoms with Gasteiger partial charge >= 0.3 is 0 Å². The van der Waals surface area contributed by atoms with Gasteiger partial charge in [0.05, 0.1) is 18.8 Å². The van der Waals surface area contributed by atoms with Gasteiger partial charge in [-0.25, -0.2) is 0 Å². The first-order valence-corrected chi connectivity index (χ1v) is 22.8. The maximum absolute atomic E-state index is 14.4. The maximum Gasteiger partial charge on any atom is 0.244 e. The number of carbonyl (C=O) groups is 3. The lowest BCUT2D eigenvalue weighted by molar-refractivity contribution is -0.193. The van der Waals surface area contributed by atoms with Crippen molar-refractivity contribution in [3.05, 3.63) is 0 Å². The number of rotatable bonds is 14. The lowest BCUT2D eigenvalue weighted by Gasteiger charge is -2.62. The number of aliphatic hydroxyl groups is 2. The molecule has 16 atom stereocenters. The average Bonchev–Trinajstić information content (AvgIpc) is 3.57. The Balaban J connectivity index is 1.17. The number of nitrogens with one attached hydrogen (secondary N) is 2. The summed E-state index contributed by atoms with van der Waals surface area (Å²) in [6.07, 6.45) is 12.5. The largest absolute Gasteiger partial charge is 0.394 e. The molecule has 326 valence electrons. The first-order chi connectivity index (χ1) is 27.1. The van der Waals surface area contributed by atoms with Gasteiger partial charge in [-0.1, -0.05) is 59.3 Å². The van der Waals surface area contributed by atoms with Crippen molar-refractivity contribution in [1.82, 2.24) is 25.5 Å². The van der Waals surface area contributed by atoms with Gasteiger partial charge in [-0.2, -0.15) is 5.06 Å². The lowest BCUT2D eigenvalue weighted by atomic mass is 9.44. The minimum atomic E-state index is -0.849. The molecule has 7 fully saturated rings. The third-order valence-corrected chi connectivity index (χ3v) is 16.6. The monoisotopic (exact) mass is 802 g/mol. The zero-order chi connectivity index (χ0) is 41.3. The maximum atomic E-state index is 14.4. The molecule has 6 aliphatic carbocycles. The van der Waals surface area contributed by atoms with Crippen LogP contribution in [0.2, 0.25) is 0 Å². The molecule has 2 bridgehead atoms. The van der Waals surface area contributed by atoms with Crippen LogP contribution in [0.3, 0.4) is 0 Å². The summed E-state index contributed by atoms with van der Waals surface area (Å²) < 4.78 is 6.43. The van der Waals surface area contributed by atoms with Crippen LogP contribution in [0.5, 0.6) is 0 Å². The smallest absolute Gasteiger partial charge is 0.244 e. The van der Waals surface area contributed by atoms with Crippen LogP contribution in [0.15, 0.2) is 0 Å². The van der Waals surface area contributed by atoms with Crippen molar-refractivity contribution in [1.29, 1.82) is 0 Å². The Kier molecular flexibility index (Phi) is 14.8. The van der Waals surface area contributed by atoms with E-state index >= 15 is 0 Å². The zero-order valence-electron chi connectivity index (χ0n) is 36.8. The minimum absolute atomic E-state index is 0.00421. The van der Waals surface area contributed by atoms with E-state index in [2.05, 4.69) is 50.4 Å². The second kappa shape index (κ2) is 18.8. The summed E-state index contributed by atoms with van der Waals surface area (Å²) in [6.45, 7) is 8.82. The van der Waals surface area contributed by atoms with E-state index in [1.165, 1.54) is 25.7 Å². The molecule has 57 heavy (non-hydrogen) atoms. The van der Waals surface area contributed by atoms with Crippen LogP contribution in [0.1, 0.15) is 118 Å². The molecule has 7 unspecified atom stereocenters. The molecule has 0 aromatic heterocycles. The molecule has 0 radical (unpaired) electrons. The van der Waals surface area contributed by atoms with Crippen molar-refractivity contribution in [2.45, 2.75) is 160 Å². The van der Waals surface area contributed by atoms with Crippen LogP contribution in [0.25, 0.3) is 0 Å². The van der Waals surface area contributed by atoms with E-state index in [0.29, 0.717) is 36.6 Å². The quantitative estimate of drug-likeness (QED) is 0.200. The molecule has 6 saturated carbocycles. The van der Waals surface area contributed by atoms with Gasteiger partial charge in [-0.3, -0.25) is 19.2 Å². The minimum Gasteiger partial charge on any atom is -0.394 e. The van der Waals surface area contributed by atoms with Crippen molar-refractivity contribution < 1.29 is 34.2 Å². The third-order valence-electron chi connectivity index (χ3n) is 16.6. The number of methoxy groups -OCH3 is 1. The summed E-state index contributed by atoms with van der Waals surface area (Å²) in [4.78, 5) is 52.4. The van der Waals surface area contributed by atoms with E-state index in [4.69, 9.17) is 9.57 Å². The molecule has 0 spiro atoms. The molecule has 1 aliphatic heterocycles. The number of hydrogen-bond acceptors (Lipinski definition) is 9. The highest BCUT2D eigenvalue weighted by atomic mass is 16.7. The molecule has 0 aromatic carbocycles. The molecule has 7 aliphatic rings. The standard InChI is InChI=1S/C45H79N5O7/c1-26-35-22-45(4,27(35)2)23-37(26)47-43(54)40-39(28(3)52)38(25-51)57-50(40)24-30-16-13-17-34(41(30)56-9)31-19-32(21-33(20-31)48(5)6)42(53)46-36(44(55)49(7)8)18-29-14-11-10-12-15-29/h26-41,51-52H,10-25H2,1-9H3,(H,46,53)(H,47,54)/t26-,27?,28-,30?,31?,32?,33?,34?,35-,36+,37-,38-,39-,40-,41?,45+/m0/s1. The Morgan fingerprint density at radius 3 is 2.28 bits per heavy atom. The van der Waals surface area contributed by atoms with Gasteiger partial charge in [0, 0.05) is 57.6 Å². The first-order valence-electron chi connectivity index (χ1n) is 22.8. The number of nitrogens with zero attached hydrogens (tertiary/aromatic N) is 3. The zero-order valence-corrected chi connectivity index (χ0v) is 36.8. The molecule has 0 aromatic rings. The van der Waals surface area contributed by atoms with Gasteiger partial charge in [-0.05, 0) is 113 Å². The molecular weight excluding hydrogens is 723 g/mol. The van der Waals surface area contributed by atoms with E-state index < -0.39 is 30.2 Å². The molecular formula is C45H79N5O7. The number of hydrogen-bond donors (Lipinski definition) is 4. The van der Waals surface area contributed by atoms with Crippen molar-refractivity contribution in [3.63, 3.8) is 0 Å². The molecule has 1 saturated heterocycles. The van der Waals surface area contributed by atoms with Crippen LogP contribution in [0, 0.1) is 58.7 Å². The Hall–Kier alpha value is -1.83. The Morgan fingerprint density at radius 2 is 1.67 bits per heavy atom. The Labute approximate surface area is 343 Å². The number of ether oxygens (including phenoxy) is 1. The van der Waals surface area contributed by atoms with E-state index in [1.807, 2.05) is 0 Å². The SMILES string of the molecule is COC1C(CN2O[C@@H](CO)[C@H]([C@H](C)O)[C@H]2C(=O)N[C@H]2C[C@@]3(C)C[C@H](C3C)[C@@H]2C)CCCC1C1CC(C(=O)N[C@H](CC2CCCCC2)C(=O)N(C)C)CC(N(C)C)C1. The lowest BCUT2D eigenvalue weighted by Crippen LogP contribution is -2.63. The predicted molar refractivity (Wildman–Crippen MR) is 220 cm³/mol. The summed E-state index contributed by atoms with van der Waals surface area (Å²) >= 11 is 0. The number of hydroxylamine groups is 2. The van der Waals surface area contributed by atoms with E-state index in [0.717, 1.165) is 57.8 Å². The average molecular weight is 802 g/mol. The van der Waals surface area contributed by atoms with E-state index in [-0.39, 0.29) is 71.6 Å². The molecule has 3 amide bonds. The van der Waals surface area contributed by atoms with Gasteiger partial charge < -0.3 is 35.4 Å². The topological polar surface area (TPSA) is 144 Å². The Bertz CT molecular complexity index is 1380. The summed E-state index contributed by atoms with van der Waals surface area (Å²) in [7, 11) is 9.55. The molecule has 12 nitrogen and oxygen atoms in total. The number of likely N-dealkylation sites (N-methyl/N-ethyl adjacent to an activating group) is 1. The van der Waals surface area contributed by atoms with Crippen LogP contribution in [-0.4, -0.2) is 134 Å². The van der Waals surface area contributed by atoms with Crippen molar-refractivity contribution in [2.24, 2.45) is 58.7 Å². The normalized spacial score (nSPS) is 41.2. The predicted octanol–water partition coefficient (Wildman–Crippen LogP) is 4.47. The van der Waals surface area contributed by atoms with Gasteiger partial charge in [0.25, 0.3) is 0 Å². The fraction of sp³-hybridized carbons (Fsp3) is 0.933. The number of fused-ring (bicyclic) bond motifs is 2. The molecule has 7 rings (SSSR count). The Morgan fingerprint density at radius 1 is 0.947 bits per heavy atom. The number of carbonyl (C=O) groups excluding carboxylic acids is 3. The van der Waals surface area contributed by atoms with Gasteiger partial charge in [0.2, 0.25) is 17.7 Å². The van der Waals surface area contributed by atoms with Crippen LogP contribution >= 0.6 is 0 Å². The summed E-state index contributed by atoms with van der Waals surface area (Å²) in [5.41, 5.74) is 0.242.